The first-order chi connectivity index (χ1) is 8.68. The van der Waals surface area contributed by atoms with Crippen LogP contribution in [0.15, 0.2) is 12.2 Å². The maximum absolute atomic E-state index is 12.3. The summed E-state index contributed by atoms with van der Waals surface area (Å²) in [6.45, 7) is 3.13. The molecule has 0 N–H and O–H groups in total. The van der Waals surface area contributed by atoms with E-state index < -0.39 is 0 Å². The molecule has 2 aliphatic rings. The van der Waals surface area contributed by atoms with E-state index in [2.05, 4.69) is 0 Å². The average Bonchev–Trinajstić information content (AvgIpc) is 2.81. The summed E-state index contributed by atoms with van der Waals surface area (Å²) < 4.78 is 5.25. The van der Waals surface area contributed by atoms with Crippen molar-refractivity contribution in [1.82, 2.24) is 4.90 Å². The van der Waals surface area contributed by atoms with E-state index in [0.717, 1.165) is 25.8 Å². The van der Waals surface area contributed by atoms with Crippen molar-refractivity contribution in [1.29, 1.82) is 0 Å². The van der Waals surface area contributed by atoms with Crippen LogP contribution in [0, 0.1) is 5.92 Å². The topological polar surface area (TPSA) is 46.6 Å². The van der Waals surface area contributed by atoms with Gasteiger partial charge in [0.1, 0.15) is 6.61 Å². The highest BCUT2D eigenvalue weighted by molar-refractivity contribution is 5.79. The number of fused-ring (bicyclic) bond motifs is 1. The fourth-order valence-corrected chi connectivity index (χ4v) is 2.56. The largest absolute Gasteiger partial charge is 0.463 e. The summed E-state index contributed by atoms with van der Waals surface area (Å²) in [6.07, 6.45) is 7.82. The van der Waals surface area contributed by atoms with E-state index >= 15 is 0 Å². The molecule has 2 heterocycles. The molecule has 1 fully saturated rings. The fourth-order valence-electron chi connectivity index (χ4n) is 2.56. The summed E-state index contributed by atoms with van der Waals surface area (Å²) >= 11 is 0. The summed E-state index contributed by atoms with van der Waals surface area (Å²) in [5.74, 6) is 0.0586. The second kappa shape index (κ2) is 6.03. The minimum absolute atomic E-state index is 0.0250. The van der Waals surface area contributed by atoms with Gasteiger partial charge in [-0.2, -0.15) is 0 Å². The Morgan fingerprint density at radius 1 is 1.33 bits per heavy atom. The Morgan fingerprint density at radius 2 is 2.17 bits per heavy atom. The van der Waals surface area contributed by atoms with Crippen molar-refractivity contribution in [2.24, 2.45) is 5.92 Å². The average molecular weight is 251 g/mol. The van der Waals surface area contributed by atoms with Crippen molar-refractivity contribution in [3.8, 4) is 0 Å². The van der Waals surface area contributed by atoms with E-state index in [1.165, 1.54) is 0 Å². The van der Waals surface area contributed by atoms with E-state index in [4.69, 9.17) is 4.74 Å². The van der Waals surface area contributed by atoms with E-state index in [1.54, 1.807) is 0 Å². The van der Waals surface area contributed by atoms with Crippen LogP contribution in [0.2, 0.25) is 0 Å². The van der Waals surface area contributed by atoms with Crippen LogP contribution in [0.25, 0.3) is 0 Å². The predicted molar refractivity (Wildman–Crippen MR) is 67.8 cm³/mol. The van der Waals surface area contributed by atoms with Gasteiger partial charge in [0.15, 0.2) is 0 Å². The van der Waals surface area contributed by atoms with Crippen LogP contribution in [-0.2, 0) is 14.3 Å². The van der Waals surface area contributed by atoms with Crippen LogP contribution in [-0.4, -0.2) is 36.0 Å². The summed E-state index contributed by atoms with van der Waals surface area (Å²) in [5, 5.41) is 0. The maximum atomic E-state index is 12.3. The van der Waals surface area contributed by atoms with Crippen molar-refractivity contribution >= 4 is 11.9 Å². The number of nitrogens with zero attached hydrogens (tertiary/aromatic N) is 1. The Balaban J connectivity index is 2.08. The monoisotopic (exact) mass is 251 g/mol. The molecule has 2 rings (SSSR count). The SMILES string of the molecule is C[C@@H]1CC=CCCC(=O)OC[C@@H]2CCCN2C1=O. The van der Waals surface area contributed by atoms with Gasteiger partial charge in [-0.05, 0) is 25.7 Å². The van der Waals surface area contributed by atoms with Gasteiger partial charge in [-0.25, -0.2) is 0 Å². The molecule has 0 radical (unpaired) electrons. The summed E-state index contributed by atoms with van der Waals surface area (Å²) in [5.41, 5.74) is 0. The first kappa shape index (κ1) is 13.1. The molecule has 2 aliphatic heterocycles. The Labute approximate surface area is 108 Å². The second-order valence-electron chi connectivity index (χ2n) is 5.16. The number of cyclic esters (lactones) is 1. The third kappa shape index (κ3) is 3.12. The molecule has 0 spiro atoms. The number of hydrogen-bond acceptors (Lipinski definition) is 3. The molecule has 0 aromatic carbocycles. The number of carbonyl (C=O) groups is 2. The van der Waals surface area contributed by atoms with Gasteiger partial charge in [0.05, 0.1) is 6.04 Å². The molecule has 0 aromatic heterocycles. The van der Waals surface area contributed by atoms with Crippen molar-refractivity contribution in [3.63, 3.8) is 0 Å². The number of rotatable bonds is 0. The zero-order valence-corrected chi connectivity index (χ0v) is 10.9. The van der Waals surface area contributed by atoms with Crippen molar-refractivity contribution in [2.75, 3.05) is 13.2 Å². The fraction of sp³-hybridized carbons (Fsp3) is 0.714. The molecule has 0 aromatic rings. The van der Waals surface area contributed by atoms with Crippen molar-refractivity contribution in [2.45, 2.75) is 45.1 Å². The Hall–Kier alpha value is -1.32. The van der Waals surface area contributed by atoms with Crippen LogP contribution in [0.3, 0.4) is 0 Å². The third-order valence-corrected chi connectivity index (χ3v) is 3.69. The van der Waals surface area contributed by atoms with E-state index in [9.17, 15) is 9.59 Å². The van der Waals surface area contributed by atoms with Crippen LogP contribution in [0.5, 0.6) is 0 Å². The number of allylic oxidation sites excluding steroid dienone is 2. The molecule has 4 heteroatoms. The minimum atomic E-state index is -0.160. The lowest BCUT2D eigenvalue weighted by molar-refractivity contribution is -0.148. The number of amides is 1. The molecular formula is C14H21NO3. The van der Waals surface area contributed by atoms with Gasteiger partial charge in [0, 0.05) is 18.9 Å². The number of hydrogen-bond donors (Lipinski definition) is 0. The molecule has 100 valence electrons. The zero-order chi connectivity index (χ0) is 13.0. The van der Waals surface area contributed by atoms with Gasteiger partial charge in [-0.15, -0.1) is 0 Å². The summed E-state index contributed by atoms with van der Waals surface area (Å²) in [7, 11) is 0. The van der Waals surface area contributed by atoms with Crippen molar-refractivity contribution in [3.05, 3.63) is 12.2 Å². The molecule has 0 saturated carbocycles. The van der Waals surface area contributed by atoms with Crippen LogP contribution in [0.1, 0.15) is 39.0 Å². The number of esters is 1. The van der Waals surface area contributed by atoms with Crippen LogP contribution < -0.4 is 0 Å². The quantitative estimate of drug-likeness (QED) is 0.488. The zero-order valence-electron chi connectivity index (χ0n) is 10.9. The number of ether oxygens (including phenoxy) is 1. The first-order valence-electron chi connectivity index (χ1n) is 6.79. The molecule has 0 unspecified atom stereocenters. The second-order valence-corrected chi connectivity index (χ2v) is 5.16. The smallest absolute Gasteiger partial charge is 0.306 e. The molecule has 1 saturated heterocycles. The van der Waals surface area contributed by atoms with Crippen molar-refractivity contribution < 1.29 is 14.3 Å². The Kier molecular flexibility index (Phi) is 4.39. The third-order valence-electron chi connectivity index (χ3n) is 3.69. The normalized spacial score (nSPS) is 30.4. The van der Waals surface area contributed by atoms with Gasteiger partial charge < -0.3 is 9.64 Å². The van der Waals surface area contributed by atoms with E-state index in [1.807, 2.05) is 24.0 Å². The summed E-state index contributed by atoms with van der Waals surface area (Å²) in [6, 6.07) is 0.0901. The molecular weight excluding hydrogens is 230 g/mol. The lowest BCUT2D eigenvalue weighted by Gasteiger charge is -2.27. The predicted octanol–water partition coefficient (Wildman–Crippen LogP) is 1.90. The molecule has 0 aliphatic carbocycles. The van der Waals surface area contributed by atoms with E-state index in [0.29, 0.717) is 19.4 Å². The minimum Gasteiger partial charge on any atom is -0.463 e. The highest BCUT2D eigenvalue weighted by atomic mass is 16.5. The van der Waals surface area contributed by atoms with Crippen LogP contribution in [0.4, 0.5) is 0 Å². The lowest BCUT2D eigenvalue weighted by Crippen LogP contribution is -2.41. The van der Waals surface area contributed by atoms with Gasteiger partial charge in [0.2, 0.25) is 5.91 Å². The van der Waals surface area contributed by atoms with E-state index in [-0.39, 0.29) is 23.8 Å². The molecule has 18 heavy (non-hydrogen) atoms. The highest BCUT2D eigenvalue weighted by Gasteiger charge is 2.31. The first-order valence-corrected chi connectivity index (χ1v) is 6.79. The summed E-state index contributed by atoms with van der Waals surface area (Å²) in [4.78, 5) is 25.6. The molecule has 1 amide bonds. The van der Waals surface area contributed by atoms with Gasteiger partial charge in [-0.3, -0.25) is 9.59 Å². The van der Waals surface area contributed by atoms with Gasteiger partial charge >= 0.3 is 5.97 Å². The maximum Gasteiger partial charge on any atom is 0.306 e. The van der Waals surface area contributed by atoms with Gasteiger partial charge in [-0.1, -0.05) is 19.1 Å². The standard InChI is InChI=1S/C14H21NO3/c1-11-6-3-2-4-8-13(16)18-10-12-7-5-9-15(12)14(11)17/h2-3,11-12H,4-10H2,1H3/t11-,12+/m1/s1. The lowest BCUT2D eigenvalue weighted by atomic mass is 10.0. The molecule has 0 bridgehead atoms. The van der Waals surface area contributed by atoms with Crippen LogP contribution >= 0.6 is 0 Å². The number of carbonyl (C=O) groups excluding carboxylic acids is 2. The Bertz CT molecular complexity index is 351. The van der Waals surface area contributed by atoms with Gasteiger partial charge in [0.25, 0.3) is 0 Å². The highest BCUT2D eigenvalue weighted by Crippen LogP contribution is 2.22. The Morgan fingerprint density at radius 3 is 3.00 bits per heavy atom. The molecule has 4 nitrogen and oxygen atoms in total. The molecule has 2 atom stereocenters.